The van der Waals surface area contributed by atoms with Gasteiger partial charge in [-0.15, -0.1) is 0 Å². The molecular weight excluding hydrogens is 286 g/mol. The highest BCUT2D eigenvalue weighted by Gasteiger charge is 2.18. The SMILES string of the molecule is COC(=O)c1ccc(C(=O)c2cccc(OC(F)F)c2)o1. The summed E-state index contributed by atoms with van der Waals surface area (Å²) in [6.07, 6.45) is 0. The number of rotatable bonds is 5. The fourth-order valence-corrected chi connectivity index (χ4v) is 1.63. The van der Waals surface area contributed by atoms with Crippen LogP contribution in [0.3, 0.4) is 0 Å². The van der Waals surface area contributed by atoms with E-state index in [1.165, 1.54) is 37.4 Å². The molecule has 0 N–H and O–H groups in total. The highest BCUT2D eigenvalue weighted by molar-refractivity contribution is 6.07. The molecule has 0 saturated carbocycles. The first-order valence-electron chi connectivity index (χ1n) is 5.79. The minimum Gasteiger partial charge on any atom is -0.463 e. The monoisotopic (exact) mass is 296 g/mol. The van der Waals surface area contributed by atoms with Gasteiger partial charge in [0.25, 0.3) is 0 Å². The summed E-state index contributed by atoms with van der Waals surface area (Å²) in [6.45, 7) is -2.98. The van der Waals surface area contributed by atoms with Gasteiger partial charge in [-0.1, -0.05) is 12.1 Å². The first-order valence-corrected chi connectivity index (χ1v) is 5.79. The van der Waals surface area contributed by atoms with Crippen molar-refractivity contribution >= 4 is 11.8 Å². The van der Waals surface area contributed by atoms with Crippen molar-refractivity contribution in [1.82, 2.24) is 0 Å². The molecule has 2 rings (SSSR count). The molecule has 0 unspecified atom stereocenters. The Labute approximate surface area is 118 Å². The van der Waals surface area contributed by atoms with E-state index in [0.717, 1.165) is 6.07 Å². The molecule has 7 heteroatoms. The number of esters is 1. The predicted molar refractivity (Wildman–Crippen MR) is 66.6 cm³/mol. The van der Waals surface area contributed by atoms with Crippen molar-refractivity contribution in [1.29, 1.82) is 0 Å². The van der Waals surface area contributed by atoms with Crippen molar-refractivity contribution in [3.8, 4) is 5.75 Å². The molecule has 0 bridgehead atoms. The van der Waals surface area contributed by atoms with Crippen LogP contribution in [0.5, 0.6) is 5.75 Å². The molecule has 0 amide bonds. The molecule has 0 saturated heterocycles. The van der Waals surface area contributed by atoms with Gasteiger partial charge >= 0.3 is 12.6 Å². The molecule has 2 aromatic rings. The van der Waals surface area contributed by atoms with Crippen LogP contribution >= 0.6 is 0 Å². The number of benzene rings is 1. The number of hydrogen-bond donors (Lipinski definition) is 0. The van der Waals surface area contributed by atoms with Gasteiger partial charge in [0.05, 0.1) is 7.11 Å². The first-order chi connectivity index (χ1) is 10.0. The average molecular weight is 296 g/mol. The number of hydrogen-bond acceptors (Lipinski definition) is 5. The first kappa shape index (κ1) is 14.7. The number of carbonyl (C=O) groups excluding carboxylic acids is 2. The van der Waals surface area contributed by atoms with Crippen molar-refractivity contribution in [2.24, 2.45) is 0 Å². The van der Waals surface area contributed by atoms with Crippen LogP contribution in [0.15, 0.2) is 40.8 Å². The Bertz CT molecular complexity index is 663. The van der Waals surface area contributed by atoms with Crippen LogP contribution in [-0.4, -0.2) is 25.5 Å². The van der Waals surface area contributed by atoms with Crippen LogP contribution in [0, 0.1) is 0 Å². The molecule has 1 aromatic carbocycles. The molecule has 110 valence electrons. The maximum atomic E-state index is 12.1. The summed E-state index contributed by atoms with van der Waals surface area (Å²) in [5, 5.41) is 0. The number of furan rings is 1. The molecule has 1 heterocycles. The second-order valence-corrected chi connectivity index (χ2v) is 3.89. The van der Waals surface area contributed by atoms with Gasteiger partial charge in [0, 0.05) is 5.56 Å². The normalized spacial score (nSPS) is 10.5. The number of halogens is 2. The summed E-state index contributed by atoms with van der Waals surface area (Å²) < 4.78 is 38.0. The van der Waals surface area contributed by atoms with Gasteiger partial charge in [0.15, 0.2) is 5.76 Å². The Morgan fingerprint density at radius 3 is 2.52 bits per heavy atom. The zero-order valence-electron chi connectivity index (χ0n) is 10.8. The molecule has 0 spiro atoms. The van der Waals surface area contributed by atoms with E-state index in [1.807, 2.05) is 0 Å². The van der Waals surface area contributed by atoms with Gasteiger partial charge in [-0.05, 0) is 24.3 Å². The summed E-state index contributed by atoms with van der Waals surface area (Å²) in [5.41, 5.74) is 0.0962. The molecule has 0 aliphatic heterocycles. The molecule has 0 radical (unpaired) electrons. The zero-order chi connectivity index (χ0) is 15.4. The maximum Gasteiger partial charge on any atom is 0.387 e. The van der Waals surface area contributed by atoms with Crippen LogP contribution in [0.4, 0.5) is 8.78 Å². The molecule has 0 aliphatic carbocycles. The van der Waals surface area contributed by atoms with Crippen LogP contribution in [0.2, 0.25) is 0 Å². The third-order valence-corrected chi connectivity index (χ3v) is 2.54. The topological polar surface area (TPSA) is 65.7 Å². The van der Waals surface area contributed by atoms with Crippen LogP contribution < -0.4 is 4.74 Å². The van der Waals surface area contributed by atoms with Crippen LogP contribution in [0.25, 0.3) is 0 Å². The number of carbonyl (C=O) groups is 2. The maximum absolute atomic E-state index is 12.1. The van der Waals surface area contributed by atoms with Gasteiger partial charge < -0.3 is 13.9 Å². The number of alkyl halides is 2. The summed E-state index contributed by atoms with van der Waals surface area (Å²) in [6, 6.07) is 7.86. The summed E-state index contributed by atoms with van der Waals surface area (Å²) in [4.78, 5) is 23.4. The van der Waals surface area contributed by atoms with Crippen molar-refractivity contribution in [3.05, 3.63) is 53.5 Å². The molecule has 0 atom stereocenters. The van der Waals surface area contributed by atoms with Gasteiger partial charge in [-0.2, -0.15) is 8.78 Å². The Kier molecular flexibility index (Phi) is 4.32. The van der Waals surface area contributed by atoms with E-state index in [4.69, 9.17) is 4.42 Å². The summed E-state index contributed by atoms with van der Waals surface area (Å²) >= 11 is 0. The fourth-order valence-electron chi connectivity index (χ4n) is 1.63. The lowest BCUT2D eigenvalue weighted by Gasteiger charge is -2.05. The standard InChI is InChI=1S/C14H10F2O5/c1-19-13(18)11-6-5-10(21-11)12(17)8-3-2-4-9(7-8)20-14(15)16/h2-7,14H,1H3. The van der Waals surface area contributed by atoms with Crippen molar-refractivity contribution < 1.29 is 32.3 Å². The van der Waals surface area contributed by atoms with E-state index < -0.39 is 18.4 Å². The fraction of sp³-hybridized carbons (Fsp3) is 0.143. The van der Waals surface area contributed by atoms with E-state index in [1.54, 1.807) is 0 Å². The predicted octanol–water partition coefficient (Wildman–Crippen LogP) is 2.90. The minimum absolute atomic E-state index is 0.0962. The van der Waals surface area contributed by atoms with Crippen LogP contribution in [-0.2, 0) is 4.74 Å². The minimum atomic E-state index is -2.98. The Hall–Kier alpha value is -2.70. The quantitative estimate of drug-likeness (QED) is 0.627. The molecule has 5 nitrogen and oxygen atoms in total. The largest absolute Gasteiger partial charge is 0.463 e. The van der Waals surface area contributed by atoms with E-state index in [2.05, 4.69) is 9.47 Å². The molecule has 1 aromatic heterocycles. The van der Waals surface area contributed by atoms with Gasteiger partial charge in [-0.3, -0.25) is 4.79 Å². The van der Waals surface area contributed by atoms with Gasteiger partial charge in [0.2, 0.25) is 11.5 Å². The molecule has 0 aliphatic rings. The number of ether oxygens (including phenoxy) is 2. The molecular formula is C14H10F2O5. The van der Waals surface area contributed by atoms with Crippen LogP contribution in [0.1, 0.15) is 26.7 Å². The van der Waals surface area contributed by atoms with E-state index >= 15 is 0 Å². The lowest BCUT2D eigenvalue weighted by Crippen LogP contribution is -2.04. The number of methoxy groups -OCH3 is 1. The third-order valence-electron chi connectivity index (χ3n) is 2.54. The van der Waals surface area contributed by atoms with Crippen molar-refractivity contribution in [2.45, 2.75) is 6.61 Å². The van der Waals surface area contributed by atoms with E-state index in [0.29, 0.717) is 0 Å². The Morgan fingerprint density at radius 2 is 1.86 bits per heavy atom. The van der Waals surface area contributed by atoms with Crippen molar-refractivity contribution in [2.75, 3.05) is 7.11 Å². The second-order valence-electron chi connectivity index (χ2n) is 3.89. The summed E-state index contributed by atoms with van der Waals surface area (Å²) in [5.74, 6) is -1.66. The van der Waals surface area contributed by atoms with Gasteiger partial charge in [0.1, 0.15) is 5.75 Å². The molecule has 21 heavy (non-hydrogen) atoms. The highest BCUT2D eigenvalue weighted by atomic mass is 19.3. The average Bonchev–Trinajstić information content (AvgIpc) is 2.95. The smallest absolute Gasteiger partial charge is 0.387 e. The summed E-state index contributed by atoms with van der Waals surface area (Å²) in [7, 11) is 1.18. The Balaban J connectivity index is 2.23. The van der Waals surface area contributed by atoms with Gasteiger partial charge in [-0.25, -0.2) is 4.79 Å². The lowest BCUT2D eigenvalue weighted by molar-refractivity contribution is -0.0498. The number of ketones is 1. The van der Waals surface area contributed by atoms with Crippen molar-refractivity contribution in [3.63, 3.8) is 0 Å². The highest BCUT2D eigenvalue weighted by Crippen LogP contribution is 2.20. The van der Waals surface area contributed by atoms with E-state index in [9.17, 15) is 18.4 Å². The Morgan fingerprint density at radius 1 is 1.14 bits per heavy atom. The van der Waals surface area contributed by atoms with E-state index in [-0.39, 0.29) is 22.8 Å². The lowest BCUT2D eigenvalue weighted by atomic mass is 10.1. The zero-order valence-corrected chi connectivity index (χ0v) is 10.8. The molecule has 0 fully saturated rings. The third kappa shape index (κ3) is 3.44. The second kappa shape index (κ2) is 6.17.